The van der Waals surface area contributed by atoms with Gasteiger partial charge in [-0.25, -0.2) is 0 Å². The maximum atomic E-state index is 5.39. The van der Waals surface area contributed by atoms with E-state index >= 15 is 0 Å². The molecule has 4 aliphatic carbocycles. The lowest BCUT2D eigenvalue weighted by molar-refractivity contribution is 0.000174. The predicted octanol–water partition coefficient (Wildman–Crippen LogP) is 15.1. The maximum Gasteiger partial charge on any atom is 0.0547 e. The van der Waals surface area contributed by atoms with Gasteiger partial charge in [0.15, 0.2) is 0 Å². The van der Waals surface area contributed by atoms with Crippen LogP contribution in [0.15, 0.2) is 23.3 Å². The first-order chi connectivity index (χ1) is 22.7. The van der Waals surface area contributed by atoms with E-state index in [-0.39, 0.29) is 1.43 Å². The number of hydrogen-bond acceptors (Lipinski definition) is 2. The molecule has 6 aliphatic rings. The summed E-state index contributed by atoms with van der Waals surface area (Å²) in [6.45, 7) is 29.3. The van der Waals surface area contributed by atoms with Crippen molar-refractivity contribution in [2.24, 2.45) is 47.3 Å². The number of ether oxygens (including phenoxy) is 2. The van der Waals surface area contributed by atoms with Gasteiger partial charge in [0.25, 0.3) is 0 Å². The molecule has 4 fully saturated rings. The van der Waals surface area contributed by atoms with Crippen LogP contribution < -0.4 is 0 Å². The first-order valence-electron chi connectivity index (χ1n) is 21.3. The quantitative estimate of drug-likeness (QED) is 0.238. The first kappa shape index (κ1) is 45.4. The van der Waals surface area contributed by atoms with E-state index in [0.717, 1.165) is 60.6 Å². The van der Waals surface area contributed by atoms with Crippen LogP contribution in [0.1, 0.15) is 200 Å². The van der Waals surface area contributed by atoms with Gasteiger partial charge in [-0.2, -0.15) is 0 Å². The zero-order chi connectivity index (χ0) is 35.9. The van der Waals surface area contributed by atoms with Crippen LogP contribution >= 0.6 is 0 Å². The van der Waals surface area contributed by atoms with Crippen LogP contribution in [0.2, 0.25) is 0 Å². The topological polar surface area (TPSA) is 18.5 Å². The smallest absolute Gasteiger partial charge is 0.0547 e. The van der Waals surface area contributed by atoms with Crippen molar-refractivity contribution in [2.45, 2.75) is 211 Å². The van der Waals surface area contributed by atoms with Crippen LogP contribution in [0.4, 0.5) is 0 Å². The van der Waals surface area contributed by atoms with Crippen molar-refractivity contribution < 1.29 is 10.9 Å². The van der Waals surface area contributed by atoms with Crippen molar-refractivity contribution in [1.29, 1.82) is 0 Å². The highest BCUT2D eigenvalue weighted by Crippen LogP contribution is 2.28. The van der Waals surface area contributed by atoms with Gasteiger partial charge >= 0.3 is 0 Å². The second-order valence-corrected chi connectivity index (χ2v) is 18.2. The van der Waals surface area contributed by atoms with E-state index in [0.29, 0.717) is 12.2 Å². The summed E-state index contributed by atoms with van der Waals surface area (Å²) >= 11 is 0. The normalized spacial score (nSPS) is 36.4. The van der Waals surface area contributed by atoms with E-state index < -0.39 is 0 Å². The molecule has 2 aliphatic heterocycles. The molecule has 6 atom stereocenters. The average molecular weight is 676 g/mol. The monoisotopic (exact) mass is 676 g/mol. The fourth-order valence-electron chi connectivity index (χ4n) is 7.08. The van der Waals surface area contributed by atoms with E-state index in [4.69, 9.17) is 9.47 Å². The highest BCUT2D eigenvalue weighted by atomic mass is 16.5. The molecule has 0 bridgehead atoms. The summed E-state index contributed by atoms with van der Waals surface area (Å²) in [7, 11) is 0. The largest absolute Gasteiger partial charge is 0.378 e. The lowest BCUT2D eigenvalue weighted by Crippen LogP contribution is -2.21. The molecule has 2 saturated heterocycles. The zero-order valence-corrected chi connectivity index (χ0v) is 34.9. The maximum absolute atomic E-state index is 5.39. The summed E-state index contributed by atoms with van der Waals surface area (Å²) < 4.78 is 10.8. The number of rotatable bonds is 0. The third-order valence-corrected chi connectivity index (χ3v) is 11.9. The Balaban J connectivity index is 0.000000562. The third kappa shape index (κ3) is 25.4. The molecule has 0 aromatic heterocycles. The lowest BCUT2D eigenvalue weighted by Gasteiger charge is -2.23. The fraction of sp³-hybridized carbons (Fsp3) is 0.913. The van der Waals surface area contributed by atoms with E-state index in [1.54, 1.807) is 11.1 Å². The van der Waals surface area contributed by atoms with Crippen molar-refractivity contribution >= 4 is 0 Å². The Labute approximate surface area is 304 Å². The van der Waals surface area contributed by atoms with E-state index in [1.165, 1.54) is 116 Å². The van der Waals surface area contributed by atoms with Crippen LogP contribution in [0.5, 0.6) is 0 Å². The molecule has 2 nitrogen and oxygen atoms in total. The summed E-state index contributed by atoms with van der Waals surface area (Å²) in [5.74, 6) is 7.56. The minimum absolute atomic E-state index is 0. The Hall–Kier alpha value is -0.600. The molecule has 2 saturated carbocycles. The Morgan fingerprint density at radius 3 is 0.812 bits per heavy atom. The van der Waals surface area contributed by atoms with Crippen molar-refractivity contribution in [3.05, 3.63) is 23.3 Å². The standard InChI is InChI=1S/2C8H16.2C8H14.2C7H14O.H2/c4*1-7-3-5-8(2)6-4-7;2*1-6-3-4-7(2)8-5-6;/h2*7-8H,3-6H2,1-2H3;2*3,8H,4-6H2,1-2H3;2*6-7H,3-5H2,1-2H3;1H/i;;;;;;1+1. The van der Waals surface area contributed by atoms with Gasteiger partial charge in [0.2, 0.25) is 0 Å². The number of allylic oxidation sites excluding steroid dienone is 4. The van der Waals surface area contributed by atoms with Gasteiger partial charge in [-0.05, 0) is 139 Å². The van der Waals surface area contributed by atoms with Gasteiger partial charge in [0.1, 0.15) is 0 Å². The van der Waals surface area contributed by atoms with Crippen molar-refractivity contribution in [3.63, 3.8) is 0 Å². The molecular formula is C46H90O2. The van der Waals surface area contributed by atoms with Gasteiger partial charge in [-0.1, -0.05) is 130 Å². The summed E-state index contributed by atoms with van der Waals surface area (Å²) in [5, 5.41) is 0. The summed E-state index contributed by atoms with van der Waals surface area (Å²) in [5.41, 5.74) is 3.17. The van der Waals surface area contributed by atoms with Crippen LogP contribution in [0.3, 0.4) is 0 Å². The Kier molecular flexibility index (Phi) is 25.6. The molecule has 48 heavy (non-hydrogen) atoms. The van der Waals surface area contributed by atoms with Gasteiger partial charge in [-0.15, -0.1) is 0 Å². The van der Waals surface area contributed by atoms with Gasteiger partial charge in [-0.3, -0.25) is 0 Å². The lowest BCUT2D eigenvalue weighted by atomic mass is 9.84. The summed E-state index contributed by atoms with van der Waals surface area (Å²) in [6, 6.07) is 0. The Bertz CT molecular complexity index is 655. The zero-order valence-electron chi connectivity index (χ0n) is 34.9. The van der Waals surface area contributed by atoms with Gasteiger partial charge in [0, 0.05) is 14.6 Å². The molecule has 0 aromatic carbocycles. The Morgan fingerprint density at radius 1 is 0.375 bits per heavy atom. The van der Waals surface area contributed by atoms with E-state index in [1.807, 2.05) is 0 Å². The van der Waals surface area contributed by atoms with Crippen LogP contribution in [0.25, 0.3) is 0 Å². The average Bonchev–Trinajstić information content (AvgIpc) is 3.07. The van der Waals surface area contributed by atoms with Gasteiger partial charge < -0.3 is 9.47 Å². The molecular weight excluding hydrogens is 585 g/mol. The molecule has 6 unspecified atom stereocenters. The fourth-order valence-corrected chi connectivity index (χ4v) is 7.08. The van der Waals surface area contributed by atoms with E-state index in [9.17, 15) is 0 Å². The van der Waals surface area contributed by atoms with E-state index in [2.05, 4.69) is 95.2 Å². The molecule has 0 radical (unpaired) electrons. The second-order valence-electron chi connectivity index (χ2n) is 18.2. The minimum Gasteiger partial charge on any atom is -0.378 e. The van der Waals surface area contributed by atoms with Crippen LogP contribution in [0, 0.1) is 47.3 Å². The molecule has 286 valence electrons. The summed E-state index contributed by atoms with van der Waals surface area (Å²) in [4.78, 5) is 0. The first-order valence-corrected chi connectivity index (χ1v) is 21.3. The van der Waals surface area contributed by atoms with Crippen LogP contribution in [-0.2, 0) is 9.47 Å². The van der Waals surface area contributed by atoms with Crippen molar-refractivity contribution in [1.82, 2.24) is 0 Å². The molecule has 6 rings (SSSR count). The molecule has 0 N–H and O–H groups in total. The molecule has 2 heterocycles. The number of hydrogen-bond donors (Lipinski definition) is 0. The Morgan fingerprint density at radius 2 is 0.646 bits per heavy atom. The predicted molar refractivity (Wildman–Crippen MR) is 217 cm³/mol. The van der Waals surface area contributed by atoms with Gasteiger partial charge in [0.05, 0.1) is 12.2 Å². The summed E-state index contributed by atoms with van der Waals surface area (Å²) in [6.07, 6.45) is 30.9. The second kappa shape index (κ2) is 27.1. The molecule has 0 spiro atoms. The highest BCUT2D eigenvalue weighted by Gasteiger charge is 2.15. The minimum atomic E-state index is 0. The highest BCUT2D eigenvalue weighted by molar-refractivity contribution is 5.02. The van der Waals surface area contributed by atoms with Crippen molar-refractivity contribution in [3.8, 4) is 0 Å². The molecule has 2 heteroatoms. The SMILES string of the molecule is CC1=CCC(C)CC1.CC1=CCC(C)CC1.CC1CCC(C)CC1.CC1CCC(C)CC1.CC1CCC(C)OC1.CC1CCC(C)OC1.[2HH]. The van der Waals surface area contributed by atoms with Crippen molar-refractivity contribution in [2.75, 3.05) is 13.2 Å². The van der Waals surface area contributed by atoms with Crippen LogP contribution in [-0.4, -0.2) is 25.4 Å². The third-order valence-electron chi connectivity index (χ3n) is 11.9. The molecule has 0 amide bonds. The molecule has 0 aromatic rings.